The van der Waals surface area contributed by atoms with Gasteiger partial charge < -0.3 is 38.6 Å². The van der Waals surface area contributed by atoms with Crippen molar-refractivity contribution in [3.05, 3.63) is 47.0 Å². The Kier molecular flexibility index (Phi) is 9.07. The lowest BCUT2D eigenvalue weighted by atomic mass is 9.44. The molecule has 262 valence electrons. The molecule has 3 aliphatic carbocycles. The monoisotopic (exact) mass is 672 g/mol. The fourth-order valence-electron chi connectivity index (χ4n) is 8.81. The lowest BCUT2D eigenvalue weighted by molar-refractivity contribution is -0.365. The number of rotatable bonds is 6. The first kappa shape index (κ1) is 35.5. The number of fused-ring (bicyclic) bond motifs is 5. The molecule has 1 saturated heterocycles. The Morgan fingerprint density at radius 3 is 1.98 bits per heavy atom. The van der Waals surface area contributed by atoms with Crippen LogP contribution >= 0.6 is 0 Å². The lowest BCUT2D eigenvalue weighted by Gasteiger charge is -2.69. The van der Waals surface area contributed by atoms with Gasteiger partial charge in [0, 0.05) is 51.4 Å². The second-order valence-corrected chi connectivity index (χ2v) is 14.1. The summed E-state index contributed by atoms with van der Waals surface area (Å²) >= 11 is 0. The van der Waals surface area contributed by atoms with Crippen molar-refractivity contribution >= 4 is 29.8 Å². The highest BCUT2D eigenvalue weighted by molar-refractivity contribution is 5.89. The summed E-state index contributed by atoms with van der Waals surface area (Å²) in [5.74, 6) is -5.00. The zero-order valence-electron chi connectivity index (χ0n) is 28.4. The molecule has 2 bridgehead atoms. The average Bonchev–Trinajstić information content (AvgIpc) is 2.97. The Bertz CT molecular complexity index is 1530. The summed E-state index contributed by atoms with van der Waals surface area (Å²) in [6, 6.07) is 8.05. The van der Waals surface area contributed by atoms with Gasteiger partial charge in [0.15, 0.2) is 11.7 Å². The molecule has 13 nitrogen and oxygen atoms in total. The number of hydrogen-bond donors (Lipinski definition) is 2. The summed E-state index contributed by atoms with van der Waals surface area (Å²) in [7, 11) is 0. The molecular formula is C35H44O13. The van der Waals surface area contributed by atoms with Crippen LogP contribution in [0.25, 0.3) is 0 Å². The van der Waals surface area contributed by atoms with Crippen LogP contribution in [0.1, 0.15) is 78.6 Å². The number of hydrogen-bond acceptors (Lipinski definition) is 13. The van der Waals surface area contributed by atoms with E-state index in [4.69, 9.17) is 28.4 Å². The summed E-state index contributed by atoms with van der Waals surface area (Å²) in [5.41, 5.74) is -6.15. The van der Waals surface area contributed by atoms with Gasteiger partial charge in [0.25, 0.3) is 0 Å². The molecule has 0 radical (unpaired) electrons. The molecule has 10 atom stereocenters. The molecule has 10 unspecified atom stereocenters. The van der Waals surface area contributed by atoms with Gasteiger partial charge in [0.05, 0.1) is 18.1 Å². The van der Waals surface area contributed by atoms with Crippen molar-refractivity contribution in [2.45, 2.75) is 116 Å². The first-order chi connectivity index (χ1) is 22.3. The van der Waals surface area contributed by atoms with Gasteiger partial charge in [-0.1, -0.05) is 39.0 Å². The van der Waals surface area contributed by atoms with Crippen LogP contribution in [-0.4, -0.2) is 94.5 Å². The summed E-state index contributed by atoms with van der Waals surface area (Å²) in [6.45, 7) is 11.1. The number of aliphatic hydroxyl groups is 2. The maximum absolute atomic E-state index is 14.0. The Hall–Kier alpha value is -3.81. The maximum atomic E-state index is 14.0. The summed E-state index contributed by atoms with van der Waals surface area (Å²) in [6.07, 6.45) is -8.33. The van der Waals surface area contributed by atoms with E-state index in [1.165, 1.54) is 32.9 Å². The summed E-state index contributed by atoms with van der Waals surface area (Å²) in [4.78, 5) is 64.6. The fraction of sp³-hybridized carbons (Fsp3) is 0.629. The highest BCUT2D eigenvalue weighted by Gasteiger charge is 2.78. The maximum Gasteiger partial charge on any atom is 0.338 e. The first-order valence-corrected chi connectivity index (χ1v) is 16.0. The highest BCUT2D eigenvalue weighted by Crippen LogP contribution is 2.65. The second-order valence-electron chi connectivity index (χ2n) is 14.1. The molecular weight excluding hydrogens is 628 g/mol. The fourth-order valence-corrected chi connectivity index (χ4v) is 8.81. The van der Waals surface area contributed by atoms with E-state index in [9.17, 15) is 34.2 Å². The van der Waals surface area contributed by atoms with E-state index < -0.39 is 94.4 Å². The smallest absolute Gasteiger partial charge is 0.338 e. The molecule has 0 amide bonds. The Morgan fingerprint density at radius 2 is 1.46 bits per heavy atom. The third-order valence-electron chi connectivity index (χ3n) is 11.0. The van der Waals surface area contributed by atoms with Crippen LogP contribution in [0, 0.1) is 16.7 Å². The summed E-state index contributed by atoms with van der Waals surface area (Å²) < 4.78 is 35.9. The zero-order valence-corrected chi connectivity index (χ0v) is 28.4. The molecule has 48 heavy (non-hydrogen) atoms. The number of ether oxygens (including phenoxy) is 6. The minimum Gasteiger partial charge on any atom is -0.462 e. The molecule has 1 aliphatic heterocycles. The standard InChI is InChI=1S/C35H44O13/c1-17-23(44-18(2)36)15-35(42)30(47-31(41)22-12-10-9-11-13-22)28-33(8,29(40)27(46-20(4)38)26(17)32(35,6)7)24(45-19(3)37)14-25-34(28,16-43-25)48-21(5)39/h9-13,23-25,27-30,40,42H,14-16H2,1-8H3. The largest absolute Gasteiger partial charge is 0.462 e. The predicted molar refractivity (Wildman–Crippen MR) is 165 cm³/mol. The Morgan fingerprint density at radius 1 is 0.854 bits per heavy atom. The topological polar surface area (TPSA) is 181 Å². The van der Waals surface area contributed by atoms with Gasteiger partial charge in [-0.05, 0) is 30.2 Å². The van der Waals surface area contributed by atoms with Crippen LogP contribution in [0.2, 0.25) is 0 Å². The van der Waals surface area contributed by atoms with Crippen LogP contribution in [0.5, 0.6) is 0 Å². The average molecular weight is 673 g/mol. The van der Waals surface area contributed by atoms with E-state index in [0.717, 1.165) is 6.92 Å². The van der Waals surface area contributed by atoms with Crippen molar-refractivity contribution in [3.63, 3.8) is 0 Å². The van der Waals surface area contributed by atoms with Crippen LogP contribution in [0.4, 0.5) is 0 Å². The number of aliphatic hydroxyl groups excluding tert-OH is 1. The molecule has 0 spiro atoms. The third kappa shape index (κ3) is 5.39. The zero-order chi connectivity index (χ0) is 35.6. The van der Waals surface area contributed by atoms with Crippen LogP contribution in [-0.2, 0) is 47.6 Å². The highest BCUT2D eigenvalue weighted by atomic mass is 16.6. The van der Waals surface area contributed by atoms with Gasteiger partial charge in [-0.25, -0.2) is 4.79 Å². The third-order valence-corrected chi connectivity index (χ3v) is 11.0. The van der Waals surface area contributed by atoms with E-state index in [0.29, 0.717) is 5.57 Å². The lowest BCUT2D eigenvalue weighted by Crippen LogP contribution is -2.82. The molecule has 1 aromatic rings. The predicted octanol–water partition coefficient (Wildman–Crippen LogP) is 2.59. The van der Waals surface area contributed by atoms with Crippen molar-refractivity contribution in [2.75, 3.05) is 6.61 Å². The molecule has 1 aromatic carbocycles. The van der Waals surface area contributed by atoms with Crippen molar-refractivity contribution < 1.29 is 62.6 Å². The Balaban J connectivity index is 1.89. The molecule has 0 aromatic heterocycles. The number of carbonyl (C=O) groups excluding carboxylic acids is 5. The molecule has 13 heteroatoms. The summed E-state index contributed by atoms with van der Waals surface area (Å²) in [5, 5.41) is 26.0. The molecule has 3 fully saturated rings. The van der Waals surface area contributed by atoms with Crippen LogP contribution in [0.15, 0.2) is 41.5 Å². The van der Waals surface area contributed by atoms with E-state index in [1.54, 1.807) is 45.9 Å². The van der Waals surface area contributed by atoms with Crippen molar-refractivity contribution in [1.82, 2.24) is 0 Å². The van der Waals surface area contributed by atoms with E-state index in [1.807, 2.05) is 0 Å². The van der Waals surface area contributed by atoms with Gasteiger partial charge in [0.1, 0.15) is 36.1 Å². The van der Waals surface area contributed by atoms with Gasteiger partial charge in [-0.15, -0.1) is 0 Å². The van der Waals surface area contributed by atoms with E-state index in [-0.39, 0.29) is 30.6 Å². The molecule has 2 N–H and O–H groups in total. The van der Waals surface area contributed by atoms with Gasteiger partial charge in [-0.2, -0.15) is 0 Å². The number of carbonyl (C=O) groups is 5. The first-order valence-electron chi connectivity index (χ1n) is 16.0. The van der Waals surface area contributed by atoms with Gasteiger partial charge in [-0.3, -0.25) is 19.2 Å². The number of benzene rings is 1. The van der Waals surface area contributed by atoms with Crippen molar-refractivity contribution in [2.24, 2.45) is 16.7 Å². The second kappa shape index (κ2) is 12.3. The minimum absolute atomic E-state index is 0.0427. The van der Waals surface area contributed by atoms with Crippen molar-refractivity contribution in [1.29, 1.82) is 0 Å². The normalized spacial score (nSPS) is 38.0. The van der Waals surface area contributed by atoms with E-state index >= 15 is 0 Å². The van der Waals surface area contributed by atoms with Gasteiger partial charge in [0.2, 0.25) is 0 Å². The van der Waals surface area contributed by atoms with Crippen LogP contribution in [0.3, 0.4) is 0 Å². The molecule has 1 heterocycles. The molecule has 2 saturated carbocycles. The quantitative estimate of drug-likeness (QED) is 0.256. The Labute approximate surface area is 278 Å². The van der Waals surface area contributed by atoms with E-state index in [2.05, 4.69) is 0 Å². The molecule has 4 aliphatic rings. The number of esters is 5. The molecule has 5 rings (SSSR count). The van der Waals surface area contributed by atoms with Crippen LogP contribution < -0.4 is 0 Å². The van der Waals surface area contributed by atoms with Crippen molar-refractivity contribution in [3.8, 4) is 0 Å². The van der Waals surface area contributed by atoms with Gasteiger partial charge >= 0.3 is 29.8 Å². The SMILES string of the molecule is CC(=O)OC1CC2(O)C(OC(=O)c3ccccc3)C3C4(OC(C)=O)COC4CC(OC(C)=O)C3(C)C(O)C(OC(C)=O)C(=C1C)C2(C)C. The minimum atomic E-state index is -2.15.